The second-order valence-corrected chi connectivity index (χ2v) is 9.40. The van der Waals surface area contributed by atoms with E-state index in [4.69, 9.17) is 15.2 Å². The van der Waals surface area contributed by atoms with Crippen molar-refractivity contribution < 1.29 is 14.3 Å². The van der Waals surface area contributed by atoms with Gasteiger partial charge < -0.3 is 24.7 Å². The van der Waals surface area contributed by atoms with Gasteiger partial charge in [0.25, 0.3) is 0 Å². The molecule has 2 aliphatic heterocycles. The topological polar surface area (TPSA) is 98.7 Å². The maximum atomic E-state index is 12.8. The van der Waals surface area contributed by atoms with Gasteiger partial charge in [0, 0.05) is 43.5 Å². The number of fused-ring (bicyclic) bond motifs is 1. The molecule has 0 spiro atoms. The van der Waals surface area contributed by atoms with Crippen molar-refractivity contribution in [3.8, 4) is 23.3 Å². The van der Waals surface area contributed by atoms with Gasteiger partial charge in [0.1, 0.15) is 29.3 Å². The zero-order chi connectivity index (χ0) is 25.8. The number of likely N-dealkylation sites (tertiary alicyclic amines) is 2. The highest BCUT2D eigenvalue weighted by Crippen LogP contribution is 2.31. The Morgan fingerprint density at radius 2 is 1.86 bits per heavy atom. The zero-order valence-corrected chi connectivity index (χ0v) is 21.3. The molecule has 9 heteroatoms. The summed E-state index contributed by atoms with van der Waals surface area (Å²) in [5, 5.41) is 0.722. The van der Waals surface area contributed by atoms with Gasteiger partial charge >= 0.3 is 0 Å². The van der Waals surface area contributed by atoms with Crippen molar-refractivity contribution in [2.75, 3.05) is 52.7 Å². The number of rotatable bonds is 6. The van der Waals surface area contributed by atoms with Gasteiger partial charge in [-0.3, -0.25) is 9.69 Å². The number of nitrogen functional groups attached to an aromatic ring is 1. The fourth-order valence-corrected chi connectivity index (χ4v) is 5.04. The van der Waals surface area contributed by atoms with E-state index in [9.17, 15) is 4.79 Å². The van der Waals surface area contributed by atoms with Crippen molar-refractivity contribution in [3.63, 3.8) is 0 Å². The molecule has 2 aromatic heterocycles. The lowest BCUT2D eigenvalue weighted by Crippen LogP contribution is -2.28. The van der Waals surface area contributed by atoms with Crippen molar-refractivity contribution in [3.05, 3.63) is 54.0 Å². The first kappa shape index (κ1) is 24.7. The Balaban J connectivity index is 1.37. The van der Waals surface area contributed by atoms with Crippen molar-refractivity contribution >= 4 is 22.8 Å². The van der Waals surface area contributed by atoms with Crippen LogP contribution < -0.4 is 15.2 Å². The number of nitrogens with zero attached hydrogens (tertiary/aromatic N) is 5. The van der Waals surface area contributed by atoms with Crippen molar-refractivity contribution in [1.29, 1.82) is 0 Å². The van der Waals surface area contributed by atoms with Crippen molar-refractivity contribution in [2.45, 2.75) is 25.3 Å². The number of methoxy groups -OCH3 is 2. The fourth-order valence-electron chi connectivity index (χ4n) is 5.04. The molecule has 1 aromatic carbocycles. The molecule has 1 amide bonds. The first-order valence-corrected chi connectivity index (χ1v) is 12.6. The Labute approximate surface area is 216 Å². The minimum Gasteiger partial charge on any atom is -0.497 e. The summed E-state index contributed by atoms with van der Waals surface area (Å²) in [6.07, 6.45) is 10.5. The molecule has 4 heterocycles. The molecule has 1 atom stereocenters. The molecular formula is C28H32N6O3. The molecule has 192 valence electrons. The molecule has 3 aromatic rings. The first-order chi connectivity index (χ1) is 18.1. The lowest BCUT2D eigenvalue weighted by Gasteiger charge is -2.16. The quantitative estimate of drug-likeness (QED) is 0.410. The maximum Gasteiger partial charge on any atom is 0.246 e. The van der Waals surface area contributed by atoms with Crippen LogP contribution in [0.3, 0.4) is 0 Å². The normalized spacial score (nSPS) is 17.9. The molecule has 0 bridgehead atoms. The van der Waals surface area contributed by atoms with Gasteiger partial charge in [-0.1, -0.05) is 17.9 Å². The van der Waals surface area contributed by atoms with E-state index >= 15 is 0 Å². The Morgan fingerprint density at radius 1 is 1.11 bits per heavy atom. The number of amides is 1. The number of ether oxygens (including phenoxy) is 2. The molecule has 0 saturated carbocycles. The molecule has 2 fully saturated rings. The molecule has 5 rings (SSSR count). The molecular weight excluding hydrogens is 468 g/mol. The molecule has 0 radical (unpaired) electrons. The monoisotopic (exact) mass is 500 g/mol. The Hall–Kier alpha value is -4.03. The average Bonchev–Trinajstić information content (AvgIpc) is 3.67. The third kappa shape index (κ3) is 5.39. The predicted molar refractivity (Wildman–Crippen MR) is 143 cm³/mol. The van der Waals surface area contributed by atoms with E-state index in [1.165, 1.54) is 19.2 Å². The zero-order valence-electron chi connectivity index (χ0n) is 21.3. The highest BCUT2D eigenvalue weighted by Gasteiger charge is 2.28. The van der Waals surface area contributed by atoms with Gasteiger partial charge in [0.05, 0.1) is 31.2 Å². The SMILES string of the molecule is COc1cc(C#Cc2cn([C@H]3CCN(C(=O)C=CCN4CCCC4)C3)c3ncnc(N)c23)cc(OC)c1. The maximum absolute atomic E-state index is 12.8. The Morgan fingerprint density at radius 3 is 2.59 bits per heavy atom. The second-order valence-electron chi connectivity index (χ2n) is 9.40. The van der Waals surface area contributed by atoms with E-state index in [1.807, 2.05) is 29.3 Å². The van der Waals surface area contributed by atoms with Crippen molar-refractivity contribution in [1.82, 2.24) is 24.3 Å². The average molecular weight is 501 g/mol. The van der Waals surface area contributed by atoms with Crippen LogP contribution >= 0.6 is 0 Å². The van der Waals surface area contributed by atoms with Crippen LogP contribution in [-0.2, 0) is 4.79 Å². The lowest BCUT2D eigenvalue weighted by atomic mass is 10.1. The van der Waals surface area contributed by atoms with Gasteiger partial charge in [-0.2, -0.15) is 0 Å². The highest BCUT2D eigenvalue weighted by molar-refractivity contribution is 5.92. The third-order valence-corrected chi connectivity index (χ3v) is 7.02. The third-order valence-electron chi connectivity index (χ3n) is 7.02. The van der Waals surface area contributed by atoms with E-state index in [1.54, 1.807) is 26.4 Å². The first-order valence-electron chi connectivity index (χ1n) is 12.6. The number of carbonyl (C=O) groups is 1. The van der Waals surface area contributed by atoms with Crippen LogP contribution in [0.2, 0.25) is 0 Å². The molecule has 2 aliphatic rings. The number of carbonyl (C=O) groups excluding carboxylic acids is 1. The van der Waals surface area contributed by atoms with E-state index in [0.29, 0.717) is 30.4 Å². The van der Waals surface area contributed by atoms with Crippen LogP contribution in [0.5, 0.6) is 11.5 Å². The van der Waals surface area contributed by atoms with Crippen LogP contribution in [-0.4, -0.2) is 77.2 Å². The number of benzene rings is 1. The Bertz CT molecular complexity index is 1360. The number of anilines is 1. The standard InChI is InChI=1S/C28H32N6O3/c1-36-23-14-20(15-24(16-23)37-2)7-8-21-17-34(28-26(21)27(29)30-19-31-28)22-9-13-33(18-22)25(35)6-5-12-32-10-3-4-11-32/h5-6,14-17,19,22H,3-4,9-13,18H2,1-2H3,(H2,29,30,31)/t22-/m0/s1. The lowest BCUT2D eigenvalue weighted by molar-refractivity contribution is -0.125. The number of hydrogen-bond acceptors (Lipinski definition) is 7. The fraction of sp³-hybridized carbons (Fsp3) is 0.393. The minimum absolute atomic E-state index is 0.0549. The largest absolute Gasteiger partial charge is 0.497 e. The van der Waals surface area contributed by atoms with Crippen LogP contribution in [0.15, 0.2) is 42.9 Å². The van der Waals surface area contributed by atoms with E-state index in [-0.39, 0.29) is 11.9 Å². The van der Waals surface area contributed by atoms with Crippen molar-refractivity contribution in [2.24, 2.45) is 0 Å². The Kier molecular flexibility index (Phi) is 7.28. The summed E-state index contributed by atoms with van der Waals surface area (Å²) in [6.45, 7) is 4.38. The summed E-state index contributed by atoms with van der Waals surface area (Å²) < 4.78 is 12.8. The van der Waals surface area contributed by atoms with Gasteiger partial charge in [0.2, 0.25) is 5.91 Å². The van der Waals surface area contributed by atoms with Crippen LogP contribution in [0.4, 0.5) is 5.82 Å². The predicted octanol–water partition coefficient (Wildman–Crippen LogP) is 2.86. The summed E-state index contributed by atoms with van der Waals surface area (Å²) in [5.74, 6) is 8.20. The van der Waals surface area contributed by atoms with Gasteiger partial charge in [-0.15, -0.1) is 0 Å². The molecule has 2 N–H and O–H groups in total. The van der Waals surface area contributed by atoms with Crippen LogP contribution in [0.25, 0.3) is 11.0 Å². The van der Waals surface area contributed by atoms with Crippen LogP contribution in [0, 0.1) is 11.8 Å². The molecule has 2 saturated heterocycles. The second kappa shape index (κ2) is 10.9. The highest BCUT2D eigenvalue weighted by atomic mass is 16.5. The summed E-state index contributed by atoms with van der Waals surface area (Å²) in [6, 6.07) is 5.59. The summed E-state index contributed by atoms with van der Waals surface area (Å²) in [7, 11) is 3.22. The molecule has 9 nitrogen and oxygen atoms in total. The van der Waals surface area contributed by atoms with E-state index in [0.717, 1.165) is 48.2 Å². The number of nitrogens with two attached hydrogens (primary N) is 1. The van der Waals surface area contributed by atoms with Gasteiger partial charge in [-0.05, 0) is 44.5 Å². The van der Waals surface area contributed by atoms with E-state index < -0.39 is 0 Å². The summed E-state index contributed by atoms with van der Waals surface area (Å²) >= 11 is 0. The minimum atomic E-state index is 0.0549. The van der Waals surface area contributed by atoms with Gasteiger partial charge in [-0.25, -0.2) is 9.97 Å². The smallest absolute Gasteiger partial charge is 0.246 e. The number of aromatic nitrogens is 3. The summed E-state index contributed by atoms with van der Waals surface area (Å²) in [5.41, 5.74) is 8.48. The molecule has 37 heavy (non-hydrogen) atoms. The van der Waals surface area contributed by atoms with Crippen LogP contribution in [0.1, 0.15) is 36.4 Å². The molecule has 0 unspecified atom stereocenters. The van der Waals surface area contributed by atoms with Gasteiger partial charge in [0.15, 0.2) is 0 Å². The van der Waals surface area contributed by atoms with E-state index in [2.05, 4.69) is 31.3 Å². The molecule has 0 aliphatic carbocycles. The number of hydrogen-bond donors (Lipinski definition) is 1. The summed E-state index contributed by atoms with van der Waals surface area (Å²) in [4.78, 5) is 25.8.